The largest absolute Gasteiger partial charge is 0.497 e. The quantitative estimate of drug-likeness (QED) is 0.694. The van der Waals surface area contributed by atoms with Crippen LogP contribution in [0.15, 0.2) is 41.6 Å². The number of benzene rings is 1. The summed E-state index contributed by atoms with van der Waals surface area (Å²) in [6.45, 7) is 0. The minimum atomic E-state index is -0.513. The van der Waals surface area contributed by atoms with Crippen molar-refractivity contribution in [3.05, 3.63) is 57.8 Å². The number of hydrogen-bond donors (Lipinski definition) is 1. The number of rotatable bonds is 4. The van der Waals surface area contributed by atoms with Gasteiger partial charge >= 0.3 is 0 Å². The molecule has 108 valence electrons. The minimum absolute atomic E-state index is 0.0629. The lowest BCUT2D eigenvalue weighted by Crippen LogP contribution is -2.19. The van der Waals surface area contributed by atoms with E-state index in [-0.39, 0.29) is 10.7 Å². The predicted molar refractivity (Wildman–Crippen MR) is 82.3 cm³/mol. The van der Waals surface area contributed by atoms with Crippen LogP contribution in [0.3, 0.4) is 0 Å². The molecular weight excluding hydrogens is 313 g/mol. The zero-order chi connectivity index (χ0) is 15.2. The number of ether oxygens (including phenoxy) is 1. The van der Waals surface area contributed by atoms with Gasteiger partial charge in [-0.25, -0.2) is 10.4 Å². The zero-order valence-corrected chi connectivity index (χ0v) is 12.5. The number of carbonyl (C=O) groups is 1. The number of amides is 1. The standard InChI is InChI=1S/C14H11Cl2N3O2/c1-21-11-4-2-9(3-5-11)7-18-19-14(20)13-12(16)6-10(15)8-17-13/h2-8H,1H3,(H,19,20)/b18-7+. The Morgan fingerprint density at radius 2 is 2.05 bits per heavy atom. The van der Waals surface area contributed by atoms with E-state index >= 15 is 0 Å². The smallest absolute Gasteiger partial charge is 0.291 e. The van der Waals surface area contributed by atoms with Gasteiger partial charge in [-0.15, -0.1) is 0 Å². The highest BCUT2D eigenvalue weighted by Gasteiger charge is 2.11. The molecule has 1 heterocycles. The molecule has 0 aliphatic rings. The molecule has 0 saturated heterocycles. The first-order valence-electron chi connectivity index (χ1n) is 5.88. The van der Waals surface area contributed by atoms with E-state index in [0.29, 0.717) is 5.02 Å². The molecule has 0 atom stereocenters. The molecule has 1 amide bonds. The highest BCUT2D eigenvalue weighted by molar-refractivity contribution is 6.36. The zero-order valence-electron chi connectivity index (χ0n) is 11.0. The average Bonchev–Trinajstić information content (AvgIpc) is 2.47. The van der Waals surface area contributed by atoms with Crippen LogP contribution in [0.4, 0.5) is 0 Å². The number of methoxy groups -OCH3 is 1. The fraction of sp³-hybridized carbons (Fsp3) is 0.0714. The third-order valence-electron chi connectivity index (χ3n) is 2.52. The number of pyridine rings is 1. The van der Waals surface area contributed by atoms with Crippen molar-refractivity contribution >= 4 is 35.3 Å². The van der Waals surface area contributed by atoms with Crippen LogP contribution in [0.25, 0.3) is 0 Å². The van der Waals surface area contributed by atoms with E-state index in [2.05, 4.69) is 15.5 Å². The van der Waals surface area contributed by atoms with E-state index in [1.165, 1.54) is 18.5 Å². The SMILES string of the molecule is COc1ccc(/C=N/NC(=O)c2ncc(Cl)cc2Cl)cc1. The van der Waals surface area contributed by atoms with Crippen molar-refractivity contribution in [3.8, 4) is 5.75 Å². The first-order chi connectivity index (χ1) is 10.1. The molecule has 2 rings (SSSR count). The average molecular weight is 324 g/mol. The summed E-state index contributed by atoms with van der Waals surface area (Å²) in [4.78, 5) is 15.7. The number of nitrogens with one attached hydrogen (secondary N) is 1. The molecular formula is C14H11Cl2N3O2. The van der Waals surface area contributed by atoms with Gasteiger partial charge in [0.2, 0.25) is 0 Å². The summed E-state index contributed by atoms with van der Waals surface area (Å²) in [5, 5.41) is 4.37. The third kappa shape index (κ3) is 4.18. The maximum absolute atomic E-state index is 11.8. The van der Waals surface area contributed by atoms with Crippen LogP contribution in [0.5, 0.6) is 5.75 Å². The lowest BCUT2D eigenvalue weighted by Gasteiger charge is -2.02. The molecule has 0 fully saturated rings. The van der Waals surface area contributed by atoms with E-state index in [4.69, 9.17) is 27.9 Å². The molecule has 5 nitrogen and oxygen atoms in total. The van der Waals surface area contributed by atoms with Crippen molar-refractivity contribution in [2.75, 3.05) is 7.11 Å². The molecule has 0 aliphatic heterocycles. The van der Waals surface area contributed by atoms with Gasteiger partial charge < -0.3 is 4.74 Å². The van der Waals surface area contributed by atoms with Gasteiger partial charge in [0, 0.05) is 6.20 Å². The molecule has 2 aromatic rings. The van der Waals surface area contributed by atoms with Crippen LogP contribution in [0.2, 0.25) is 10.0 Å². The van der Waals surface area contributed by atoms with E-state index in [0.717, 1.165) is 11.3 Å². The van der Waals surface area contributed by atoms with Gasteiger partial charge in [-0.3, -0.25) is 4.79 Å². The summed E-state index contributed by atoms with van der Waals surface area (Å²) < 4.78 is 5.04. The van der Waals surface area contributed by atoms with Crippen LogP contribution < -0.4 is 10.2 Å². The highest BCUT2D eigenvalue weighted by Crippen LogP contribution is 2.18. The Balaban J connectivity index is 2.01. The van der Waals surface area contributed by atoms with Crippen molar-refractivity contribution in [2.45, 2.75) is 0 Å². The van der Waals surface area contributed by atoms with Gasteiger partial charge in [0.25, 0.3) is 5.91 Å². The molecule has 0 spiro atoms. The first kappa shape index (κ1) is 15.3. The van der Waals surface area contributed by atoms with E-state index < -0.39 is 5.91 Å². The Morgan fingerprint density at radius 3 is 2.67 bits per heavy atom. The van der Waals surface area contributed by atoms with Gasteiger partial charge in [-0.1, -0.05) is 23.2 Å². The highest BCUT2D eigenvalue weighted by atomic mass is 35.5. The maximum atomic E-state index is 11.8. The second-order valence-corrected chi connectivity index (χ2v) is 4.80. The minimum Gasteiger partial charge on any atom is -0.497 e. The molecule has 0 radical (unpaired) electrons. The number of aromatic nitrogens is 1. The normalized spacial score (nSPS) is 10.6. The monoisotopic (exact) mass is 323 g/mol. The Kier molecular flexibility index (Phi) is 5.14. The molecule has 7 heteroatoms. The molecule has 0 aliphatic carbocycles. The third-order valence-corrected chi connectivity index (χ3v) is 3.01. The van der Waals surface area contributed by atoms with Crippen LogP contribution in [-0.4, -0.2) is 24.2 Å². The Bertz CT molecular complexity index is 672. The van der Waals surface area contributed by atoms with Crippen molar-refractivity contribution in [1.82, 2.24) is 10.4 Å². The molecule has 1 aromatic heterocycles. The summed E-state index contributed by atoms with van der Waals surface area (Å²) in [5.74, 6) is 0.231. The first-order valence-corrected chi connectivity index (χ1v) is 6.64. The molecule has 0 unspecified atom stereocenters. The summed E-state index contributed by atoms with van der Waals surface area (Å²) in [6.07, 6.45) is 2.84. The fourth-order valence-electron chi connectivity index (χ4n) is 1.49. The number of hydrogen-bond acceptors (Lipinski definition) is 4. The van der Waals surface area contributed by atoms with Crippen LogP contribution in [0.1, 0.15) is 16.1 Å². The predicted octanol–water partition coefficient (Wildman–Crippen LogP) is 3.16. The van der Waals surface area contributed by atoms with Gasteiger partial charge in [-0.05, 0) is 35.9 Å². The second-order valence-electron chi connectivity index (χ2n) is 3.96. The van der Waals surface area contributed by atoms with Crippen molar-refractivity contribution in [2.24, 2.45) is 5.10 Å². The van der Waals surface area contributed by atoms with Crippen LogP contribution in [0, 0.1) is 0 Å². The summed E-state index contributed by atoms with van der Waals surface area (Å²) >= 11 is 11.6. The Labute approximate surface area is 131 Å². The molecule has 21 heavy (non-hydrogen) atoms. The van der Waals surface area contributed by atoms with Crippen molar-refractivity contribution in [1.29, 1.82) is 0 Å². The van der Waals surface area contributed by atoms with E-state index in [9.17, 15) is 4.79 Å². The Morgan fingerprint density at radius 1 is 1.33 bits per heavy atom. The Hall–Kier alpha value is -2.11. The summed E-state index contributed by atoms with van der Waals surface area (Å²) in [5.41, 5.74) is 3.22. The summed E-state index contributed by atoms with van der Waals surface area (Å²) in [7, 11) is 1.59. The second kappa shape index (κ2) is 7.06. The van der Waals surface area contributed by atoms with E-state index in [1.54, 1.807) is 19.2 Å². The van der Waals surface area contributed by atoms with Crippen LogP contribution in [-0.2, 0) is 0 Å². The lowest BCUT2D eigenvalue weighted by molar-refractivity contribution is 0.0950. The van der Waals surface area contributed by atoms with Crippen LogP contribution >= 0.6 is 23.2 Å². The molecule has 1 N–H and O–H groups in total. The lowest BCUT2D eigenvalue weighted by atomic mass is 10.2. The molecule has 1 aromatic carbocycles. The van der Waals surface area contributed by atoms with Crippen molar-refractivity contribution in [3.63, 3.8) is 0 Å². The fourth-order valence-corrected chi connectivity index (χ4v) is 1.96. The molecule has 0 bridgehead atoms. The van der Waals surface area contributed by atoms with Gasteiger partial charge in [0.1, 0.15) is 11.4 Å². The van der Waals surface area contributed by atoms with Gasteiger partial charge in [0.05, 0.1) is 23.4 Å². The topological polar surface area (TPSA) is 63.6 Å². The number of halogens is 2. The van der Waals surface area contributed by atoms with E-state index in [1.807, 2.05) is 12.1 Å². The maximum Gasteiger partial charge on any atom is 0.291 e. The van der Waals surface area contributed by atoms with Gasteiger partial charge in [0.15, 0.2) is 0 Å². The number of hydrazone groups is 1. The van der Waals surface area contributed by atoms with Gasteiger partial charge in [-0.2, -0.15) is 5.10 Å². The summed E-state index contributed by atoms with van der Waals surface area (Å²) in [6, 6.07) is 8.64. The number of carbonyl (C=O) groups excluding carboxylic acids is 1. The van der Waals surface area contributed by atoms with Crippen molar-refractivity contribution < 1.29 is 9.53 Å². The molecule has 0 saturated carbocycles. The number of nitrogens with zero attached hydrogens (tertiary/aromatic N) is 2.